The van der Waals surface area contributed by atoms with Crippen LogP contribution in [-0.2, 0) is 9.59 Å². The molecule has 6 nitrogen and oxygen atoms in total. The number of aliphatic hydroxyl groups excluding tert-OH is 1. The summed E-state index contributed by atoms with van der Waals surface area (Å²) in [7, 11) is 5.41. The standard InChI is InChI=1S/C24H28N2O4/c1-15-6-7-16(2)19(14-15)22(27)20-21(17-8-10-18(30-5)11-9-17)26(13-12-25(3)4)24(29)23(20)28/h6-11,14,21,27H,12-13H2,1-5H3. The summed E-state index contributed by atoms with van der Waals surface area (Å²) in [6.07, 6.45) is 0. The number of carbonyl (C=O) groups excluding carboxylic acids is 2. The minimum absolute atomic E-state index is 0.123. The minimum Gasteiger partial charge on any atom is -0.507 e. The van der Waals surface area contributed by atoms with Gasteiger partial charge in [-0.15, -0.1) is 0 Å². The van der Waals surface area contributed by atoms with Crippen LogP contribution in [0.3, 0.4) is 0 Å². The van der Waals surface area contributed by atoms with Gasteiger partial charge in [-0.2, -0.15) is 0 Å². The van der Waals surface area contributed by atoms with Crippen molar-refractivity contribution in [2.24, 2.45) is 0 Å². The number of aryl methyl sites for hydroxylation is 2. The predicted molar refractivity (Wildman–Crippen MR) is 116 cm³/mol. The maximum atomic E-state index is 13.0. The van der Waals surface area contributed by atoms with Crippen molar-refractivity contribution in [2.75, 3.05) is 34.3 Å². The van der Waals surface area contributed by atoms with E-state index < -0.39 is 17.7 Å². The van der Waals surface area contributed by atoms with E-state index in [4.69, 9.17) is 4.74 Å². The first-order valence-corrected chi connectivity index (χ1v) is 9.89. The molecule has 0 spiro atoms. The molecule has 0 radical (unpaired) electrons. The lowest BCUT2D eigenvalue weighted by Gasteiger charge is -2.26. The van der Waals surface area contributed by atoms with Gasteiger partial charge in [0.05, 0.1) is 18.7 Å². The molecule has 1 atom stereocenters. The van der Waals surface area contributed by atoms with E-state index in [1.54, 1.807) is 24.1 Å². The summed E-state index contributed by atoms with van der Waals surface area (Å²) in [5.41, 5.74) is 3.24. The highest BCUT2D eigenvalue weighted by atomic mass is 16.5. The van der Waals surface area contributed by atoms with E-state index in [9.17, 15) is 14.7 Å². The van der Waals surface area contributed by atoms with Crippen LogP contribution in [0.5, 0.6) is 5.75 Å². The number of nitrogens with zero attached hydrogens (tertiary/aromatic N) is 2. The number of carbonyl (C=O) groups is 2. The Morgan fingerprint density at radius 3 is 2.37 bits per heavy atom. The van der Waals surface area contributed by atoms with Gasteiger partial charge in [-0.05, 0) is 57.3 Å². The molecular formula is C24H28N2O4. The summed E-state index contributed by atoms with van der Waals surface area (Å²) in [4.78, 5) is 29.4. The van der Waals surface area contributed by atoms with Gasteiger partial charge in [0.2, 0.25) is 0 Å². The van der Waals surface area contributed by atoms with E-state index in [0.29, 0.717) is 24.4 Å². The highest BCUT2D eigenvalue weighted by Gasteiger charge is 2.46. The van der Waals surface area contributed by atoms with Gasteiger partial charge in [0.15, 0.2) is 0 Å². The molecule has 0 aliphatic carbocycles. The first-order valence-electron chi connectivity index (χ1n) is 9.89. The molecule has 158 valence electrons. The first-order chi connectivity index (χ1) is 14.2. The molecule has 1 heterocycles. The summed E-state index contributed by atoms with van der Waals surface area (Å²) in [6.45, 7) is 4.77. The molecule has 1 N–H and O–H groups in total. The van der Waals surface area contributed by atoms with E-state index in [1.807, 2.05) is 63.2 Å². The molecule has 0 bridgehead atoms. The number of ketones is 1. The second-order valence-corrected chi connectivity index (χ2v) is 7.89. The summed E-state index contributed by atoms with van der Waals surface area (Å²) in [6, 6.07) is 12.3. The highest BCUT2D eigenvalue weighted by Crippen LogP contribution is 2.40. The number of Topliss-reactive ketones (excluding diaryl/α,β-unsaturated/α-hetero) is 1. The second kappa shape index (κ2) is 8.71. The van der Waals surface area contributed by atoms with Crippen molar-refractivity contribution < 1.29 is 19.4 Å². The molecule has 0 saturated carbocycles. The number of hydrogen-bond donors (Lipinski definition) is 1. The van der Waals surface area contributed by atoms with Gasteiger partial charge >= 0.3 is 0 Å². The molecule has 2 aromatic rings. The number of likely N-dealkylation sites (tertiary alicyclic amines) is 1. The largest absolute Gasteiger partial charge is 0.507 e. The van der Waals surface area contributed by atoms with Crippen LogP contribution in [0.2, 0.25) is 0 Å². The van der Waals surface area contributed by atoms with Gasteiger partial charge in [-0.25, -0.2) is 0 Å². The van der Waals surface area contributed by atoms with Crippen molar-refractivity contribution in [3.05, 3.63) is 70.3 Å². The van der Waals surface area contributed by atoms with Crippen LogP contribution in [0.25, 0.3) is 5.76 Å². The van der Waals surface area contributed by atoms with Crippen LogP contribution in [-0.4, -0.2) is 60.9 Å². The van der Waals surface area contributed by atoms with E-state index >= 15 is 0 Å². The molecule has 6 heteroatoms. The van der Waals surface area contributed by atoms with Crippen LogP contribution < -0.4 is 4.74 Å². The average molecular weight is 408 g/mol. The fraction of sp³-hybridized carbons (Fsp3) is 0.333. The Morgan fingerprint density at radius 1 is 1.10 bits per heavy atom. The summed E-state index contributed by atoms with van der Waals surface area (Å²) in [5, 5.41) is 11.2. The monoisotopic (exact) mass is 408 g/mol. The quantitative estimate of drug-likeness (QED) is 0.451. The van der Waals surface area contributed by atoms with E-state index in [1.165, 1.54) is 0 Å². The number of rotatable bonds is 6. The smallest absolute Gasteiger partial charge is 0.295 e. The summed E-state index contributed by atoms with van der Waals surface area (Å²) >= 11 is 0. The number of likely N-dealkylation sites (N-methyl/N-ethyl adjacent to an activating group) is 1. The van der Waals surface area contributed by atoms with Crippen LogP contribution in [0, 0.1) is 13.8 Å². The van der Waals surface area contributed by atoms with Gasteiger partial charge in [-0.1, -0.05) is 29.8 Å². The molecule has 1 fully saturated rings. The summed E-state index contributed by atoms with van der Waals surface area (Å²) < 4.78 is 5.24. The maximum Gasteiger partial charge on any atom is 0.295 e. The molecule has 1 unspecified atom stereocenters. The van der Waals surface area contributed by atoms with Crippen molar-refractivity contribution in [3.8, 4) is 5.75 Å². The fourth-order valence-corrected chi connectivity index (χ4v) is 3.69. The number of aliphatic hydroxyl groups is 1. The SMILES string of the molecule is COc1ccc(C2C(=C(O)c3cc(C)ccc3C)C(=O)C(=O)N2CCN(C)C)cc1. The Balaban J connectivity index is 2.18. The molecule has 2 aromatic carbocycles. The molecule has 1 aliphatic heterocycles. The molecule has 30 heavy (non-hydrogen) atoms. The van der Waals surface area contributed by atoms with Crippen LogP contribution in [0.15, 0.2) is 48.0 Å². The lowest BCUT2D eigenvalue weighted by atomic mass is 9.93. The lowest BCUT2D eigenvalue weighted by molar-refractivity contribution is -0.140. The van der Waals surface area contributed by atoms with Crippen molar-refractivity contribution in [1.29, 1.82) is 0 Å². The topological polar surface area (TPSA) is 70.1 Å². The zero-order valence-corrected chi connectivity index (χ0v) is 18.1. The summed E-state index contributed by atoms with van der Waals surface area (Å²) in [5.74, 6) is -0.709. The van der Waals surface area contributed by atoms with Gasteiger partial charge in [0, 0.05) is 18.7 Å². The molecule has 1 amide bonds. The number of amides is 1. The third-order valence-electron chi connectivity index (χ3n) is 5.41. The lowest BCUT2D eigenvalue weighted by Crippen LogP contribution is -2.35. The Hall–Kier alpha value is -3.12. The zero-order chi connectivity index (χ0) is 22.0. The molecule has 1 saturated heterocycles. The van der Waals surface area contributed by atoms with Crippen molar-refractivity contribution >= 4 is 17.4 Å². The van der Waals surface area contributed by atoms with Gasteiger partial charge in [0.25, 0.3) is 11.7 Å². The number of benzene rings is 2. The number of methoxy groups -OCH3 is 1. The molecule has 1 aliphatic rings. The number of ether oxygens (including phenoxy) is 1. The Morgan fingerprint density at radius 2 is 1.77 bits per heavy atom. The van der Waals surface area contributed by atoms with Crippen LogP contribution >= 0.6 is 0 Å². The third-order valence-corrected chi connectivity index (χ3v) is 5.41. The third kappa shape index (κ3) is 4.09. The normalized spacial score (nSPS) is 18.3. The van der Waals surface area contributed by atoms with Crippen LogP contribution in [0.4, 0.5) is 0 Å². The Bertz CT molecular complexity index is 993. The maximum absolute atomic E-state index is 13.0. The highest BCUT2D eigenvalue weighted by molar-refractivity contribution is 6.46. The second-order valence-electron chi connectivity index (χ2n) is 7.89. The van der Waals surface area contributed by atoms with E-state index in [2.05, 4.69) is 0 Å². The van der Waals surface area contributed by atoms with Gasteiger partial charge < -0.3 is 19.6 Å². The van der Waals surface area contributed by atoms with Crippen molar-refractivity contribution in [1.82, 2.24) is 9.80 Å². The van der Waals surface area contributed by atoms with E-state index in [-0.39, 0.29) is 11.3 Å². The minimum atomic E-state index is -0.659. The van der Waals surface area contributed by atoms with Crippen LogP contribution in [0.1, 0.15) is 28.3 Å². The molecule has 0 aromatic heterocycles. The average Bonchev–Trinajstić information content (AvgIpc) is 2.98. The molecule has 3 rings (SSSR count). The number of hydrogen-bond acceptors (Lipinski definition) is 5. The van der Waals surface area contributed by atoms with Crippen molar-refractivity contribution in [3.63, 3.8) is 0 Å². The van der Waals surface area contributed by atoms with E-state index in [0.717, 1.165) is 16.7 Å². The molecular weight excluding hydrogens is 380 g/mol. The Labute approximate surface area is 177 Å². The Kier molecular flexibility index (Phi) is 6.27. The predicted octanol–water partition coefficient (Wildman–Crippen LogP) is 3.30. The van der Waals surface area contributed by atoms with Gasteiger partial charge in [0.1, 0.15) is 11.5 Å². The zero-order valence-electron chi connectivity index (χ0n) is 18.1. The first kappa shape index (κ1) is 21.6. The fourth-order valence-electron chi connectivity index (χ4n) is 3.69. The van der Waals surface area contributed by atoms with Gasteiger partial charge in [-0.3, -0.25) is 9.59 Å². The van der Waals surface area contributed by atoms with Crippen molar-refractivity contribution in [2.45, 2.75) is 19.9 Å².